The van der Waals surface area contributed by atoms with Gasteiger partial charge in [0, 0.05) is 0 Å². The molecule has 0 radical (unpaired) electrons. The van der Waals surface area contributed by atoms with E-state index >= 15 is 0 Å². The van der Waals surface area contributed by atoms with Crippen LogP contribution in [0.15, 0.2) is 58.7 Å². The van der Waals surface area contributed by atoms with Gasteiger partial charge in [-0.1, -0.05) is 0 Å². The Bertz CT molecular complexity index is 376. The summed E-state index contributed by atoms with van der Waals surface area (Å²) >= 11 is 0.644. The molecule has 2 aromatic rings. The number of benzene rings is 1. The molecular formula is C11H10ClFeN2. The first kappa shape index (κ1) is 12.1. The third kappa shape index (κ3) is 3.92. The van der Waals surface area contributed by atoms with Crippen LogP contribution in [0.2, 0.25) is 0 Å². The van der Waals surface area contributed by atoms with E-state index in [4.69, 9.17) is 0 Å². The topological polar surface area (TPSA) is 25.2 Å². The molecule has 0 N–H and O–H groups in total. The number of halogens is 1. The van der Waals surface area contributed by atoms with Gasteiger partial charge in [-0.3, -0.25) is 0 Å². The van der Waals surface area contributed by atoms with Crippen LogP contribution >= 0.6 is 12.4 Å². The minimum absolute atomic E-state index is 0. The van der Waals surface area contributed by atoms with Gasteiger partial charge in [0.1, 0.15) is 0 Å². The molecule has 1 aromatic heterocycles. The predicted octanol–water partition coefficient (Wildman–Crippen LogP) is 2.73. The zero-order valence-corrected chi connectivity index (χ0v) is 9.77. The van der Waals surface area contributed by atoms with E-state index in [2.05, 4.69) is 8.95 Å². The van der Waals surface area contributed by atoms with Gasteiger partial charge in [-0.15, -0.1) is 12.4 Å². The Morgan fingerprint density at radius 1 is 0.933 bits per heavy atom. The van der Waals surface area contributed by atoms with E-state index in [0.717, 1.165) is 10.3 Å². The van der Waals surface area contributed by atoms with Crippen molar-refractivity contribution >= 4 is 22.7 Å². The summed E-state index contributed by atoms with van der Waals surface area (Å²) in [6.45, 7) is 0. The third-order valence-corrected chi connectivity index (χ3v) is 2.58. The van der Waals surface area contributed by atoms with E-state index in [1.54, 1.807) is 6.20 Å². The van der Waals surface area contributed by atoms with Gasteiger partial charge >= 0.3 is 88.7 Å². The quantitative estimate of drug-likeness (QED) is 0.763. The van der Waals surface area contributed by atoms with Crippen LogP contribution < -0.4 is 4.59 Å². The number of nitrogens with zero attached hydrogens (tertiary/aromatic N) is 2. The van der Waals surface area contributed by atoms with Crippen molar-refractivity contribution in [2.24, 2.45) is 3.96 Å². The van der Waals surface area contributed by atoms with Gasteiger partial charge in [0.25, 0.3) is 0 Å². The van der Waals surface area contributed by atoms with Gasteiger partial charge in [-0.05, 0) is 0 Å². The normalized spacial score (nSPS) is 10.4. The van der Waals surface area contributed by atoms with Crippen molar-refractivity contribution in [3.63, 3.8) is 0 Å². The van der Waals surface area contributed by atoms with Crippen LogP contribution in [0, 0.1) is 0 Å². The maximum atomic E-state index is 4.41. The molecule has 0 saturated carbocycles. The number of hydrogen-bond donors (Lipinski definition) is 0. The van der Waals surface area contributed by atoms with Crippen LogP contribution in [0.4, 0.5) is 5.69 Å². The SMILES string of the molecule is Cl.c1ccc(/[N]=[Fe]/[c]2ccccn2)cc1. The average Bonchev–Trinajstić information content (AvgIpc) is 2.29. The first-order valence-electron chi connectivity index (χ1n) is 4.24. The van der Waals surface area contributed by atoms with Gasteiger partial charge in [0.15, 0.2) is 0 Å². The first-order valence-corrected chi connectivity index (χ1v) is 5.29. The first-order chi connectivity index (χ1) is 6.95. The van der Waals surface area contributed by atoms with Crippen LogP contribution in [-0.4, -0.2) is 4.98 Å². The molecule has 4 heteroatoms. The molecule has 1 aromatic carbocycles. The molecule has 2 rings (SSSR count). The predicted molar refractivity (Wildman–Crippen MR) is 59.6 cm³/mol. The van der Waals surface area contributed by atoms with Crippen molar-refractivity contribution in [2.75, 3.05) is 0 Å². The molecule has 2 nitrogen and oxygen atoms in total. The van der Waals surface area contributed by atoms with Crippen LogP contribution in [0.1, 0.15) is 0 Å². The van der Waals surface area contributed by atoms with Gasteiger partial charge in [0.05, 0.1) is 0 Å². The molecule has 0 aliphatic carbocycles. The molecule has 0 unspecified atom stereocenters. The summed E-state index contributed by atoms with van der Waals surface area (Å²) in [7, 11) is 0. The zero-order chi connectivity index (χ0) is 9.64. The number of pyridine rings is 1. The molecule has 0 saturated heterocycles. The molecule has 15 heavy (non-hydrogen) atoms. The van der Waals surface area contributed by atoms with Crippen LogP contribution in [0.5, 0.6) is 0 Å². The van der Waals surface area contributed by atoms with Gasteiger partial charge in [0.2, 0.25) is 0 Å². The zero-order valence-electron chi connectivity index (χ0n) is 7.85. The van der Waals surface area contributed by atoms with Crippen molar-refractivity contribution < 1.29 is 14.8 Å². The van der Waals surface area contributed by atoms with Crippen molar-refractivity contribution in [1.29, 1.82) is 0 Å². The molecular weight excluding hydrogens is 251 g/mol. The third-order valence-electron chi connectivity index (χ3n) is 1.59. The van der Waals surface area contributed by atoms with Crippen LogP contribution in [-0.2, 0) is 14.8 Å². The Hall–Kier alpha value is -1.02. The Balaban J connectivity index is 0.00000112. The fourth-order valence-electron chi connectivity index (χ4n) is 0.951. The fraction of sp³-hybridized carbons (Fsp3) is 0. The number of rotatable bonds is 2. The number of aromatic nitrogens is 1. The Kier molecular flexibility index (Phi) is 5.19. The summed E-state index contributed by atoms with van der Waals surface area (Å²) < 4.78 is 5.41. The standard InChI is InChI=1S/C6H5N.C5H4N.ClH.Fe/c7-6-4-2-1-3-5-6;1-2-4-6-5-3-1;;/h1-5H;1-4H;1H;. The monoisotopic (exact) mass is 261 g/mol. The molecule has 0 aliphatic rings. The van der Waals surface area contributed by atoms with Gasteiger partial charge in [-0.25, -0.2) is 0 Å². The van der Waals surface area contributed by atoms with E-state index in [0.29, 0.717) is 14.8 Å². The second kappa shape index (κ2) is 6.46. The summed E-state index contributed by atoms with van der Waals surface area (Å²) in [5, 5.41) is 0. The molecule has 79 valence electrons. The second-order valence-electron chi connectivity index (χ2n) is 2.63. The average molecular weight is 262 g/mol. The van der Waals surface area contributed by atoms with Gasteiger partial charge < -0.3 is 0 Å². The summed E-state index contributed by atoms with van der Waals surface area (Å²) in [4.78, 5) is 4.20. The number of hydrogen-bond acceptors (Lipinski definition) is 2. The van der Waals surface area contributed by atoms with E-state index in [9.17, 15) is 0 Å². The molecule has 0 fully saturated rings. The molecule has 1 heterocycles. The van der Waals surface area contributed by atoms with Crippen LogP contribution in [0.3, 0.4) is 0 Å². The van der Waals surface area contributed by atoms with Crippen molar-refractivity contribution in [3.05, 3.63) is 54.7 Å². The summed E-state index contributed by atoms with van der Waals surface area (Å²) in [6, 6.07) is 15.8. The van der Waals surface area contributed by atoms with E-state index in [1.165, 1.54) is 0 Å². The molecule has 0 amide bonds. The summed E-state index contributed by atoms with van der Waals surface area (Å²) in [5.41, 5.74) is 0.998. The van der Waals surface area contributed by atoms with E-state index < -0.39 is 0 Å². The molecule has 0 spiro atoms. The van der Waals surface area contributed by atoms with E-state index in [1.807, 2.05) is 48.5 Å². The Labute approximate surface area is 101 Å². The van der Waals surface area contributed by atoms with E-state index in [-0.39, 0.29) is 12.4 Å². The van der Waals surface area contributed by atoms with Crippen molar-refractivity contribution in [3.8, 4) is 0 Å². The Morgan fingerprint density at radius 3 is 2.33 bits per heavy atom. The van der Waals surface area contributed by atoms with Crippen LogP contribution in [0.25, 0.3) is 0 Å². The maximum absolute atomic E-state index is 4.41. The van der Waals surface area contributed by atoms with Crippen molar-refractivity contribution in [2.45, 2.75) is 0 Å². The molecule has 0 aliphatic heterocycles. The fourth-order valence-corrected chi connectivity index (χ4v) is 1.72. The van der Waals surface area contributed by atoms with Gasteiger partial charge in [-0.2, -0.15) is 0 Å². The van der Waals surface area contributed by atoms with Crippen molar-refractivity contribution in [1.82, 2.24) is 4.98 Å². The Morgan fingerprint density at radius 2 is 1.67 bits per heavy atom. The summed E-state index contributed by atoms with van der Waals surface area (Å²) in [6.07, 6.45) is 1.79. The second-order valence-corrected chi connectivity index (χ2v) is 3.69. The molecule has 0 bridgehead atoms. The summed E-state index contributed by atoms with van der Waals surface area (Å²) in [5.74, 6) is 0. The minimum atomic E-state index is 0. The molecule has 0 atom stereocenters.